The predicted molar refractivity (Wildman–Crippen MR) is 56.3 cm³/mol. The number of oxime groups is 1. The van der Waals surface area contributed by atoms with Crippen LogP contribution in [0.4, 0.5) is 8.78 Å². The molecule has 88 valence electrons. The van der Waals surface area contributed by atoms with Gasteiger partial charge in [-0.05, 0) is 37.5 Å². The molecule has 1 N–H and O–H groups in total. The third-order valence-electron chi connectivity index (χ3n) is 2.09. The van der Waals surface area contributed by atoms with Crippen LogP contribution in [0.2, 0.25) is 0 Å². The Morgan fingerprint density at radius 2 is 2.00 bits per heavy atom. The van der Waals surface area contributed by atoms with Crippen molar-refractivity contribution in [2.75, 3.05) is 0 Å². The number of ether oxygens (including phenoxy) is 1. The maximum absolute atomic E-state index is 11.9. The average molecular weight is 229 g/mol. The molecule has 0 amide bonds. The van der Waals surface area contributed by atoms with Crippen LogP contribution in [0.5, 0.6) is 5.75 Å². The second-order valence-electron chi connectivity index (χ2n) is 3.36. The topological polar surface area (TPSA) is 41.8 Å². The molecule has 1 rings (SSSR count). The first-order valence-electron chi connectivity index (χ1n) is 4.83. The molecule has 1 aromatic rings. The number of benzene rings is 1. The van der Waals surface area contributed by atoms with Gasteiger partial charge in [0, 0.05) is 0 Å². The lowest BCUT2D eigenvalue weighted by molar-refractivity contribution is -0.0498. The van der Waals surface area contributed by atoms with E-state index >= 15 is 0 Å². The average Bonchev–Trinajstić information content (AvgIpc) is 2.27. The molecule has 0 fully saturated rings. The molecule has 0 unspecified atom stereocenters. The zero-order chi connectivity index (χ0) is 12.0. The molecular formula is C11H13F2NO2. The Morgan fingerprint density at radius 3 is 2.50 bits per heavy atom. The van der Waals surface area contributed by atoms with Crippen LogP contribution in [-0.2, 0) is 6.42 Å². The van der Waals surface area contributed by atoms with Gasteiger partial charge in [0.25, 0.3) is 0 Å². The van der Waals surface area contributed by atoms with Gasteiger partial charge < -0.3 is 9.94 Å². The van der Waals surface area contributed by atoms with Crippen molar-refractivity contribution in [3.8, 4) is 5.75 Å². The first-order valence-corrected chi connectivity index (χ1v) is 4.83. The van der Waals surface area contributed by atoms with Crippen LogP contribution in [0.3, 0.4) is 0 Å². The van der Waals surface area contributed by atoms with Crippen molar-refractivity contribution in [1.82, 2.24) is 0 Å². The van der Waals surface area contributed by atoms with Gasteiger partial charge in [-0.15, -0.1) is 0 Å². The second kappa shape index (κ2) is 6.05. The van der Waals surface area contributed by atoms with Gasteiger partial charge in [-0.1, -0.05) is 17.3 Å². The Balaban J connectivity index is 2.51. The minimum absolute atomic E-state index is 0.145. The molecule has 0 bridgehead atoms. The quantitative estimate of drug-likeness (QED) is 0.479. The van der Waals surface area contributed by atoms with Gasteiger partial charge in [0.2, 0.25) is 0 Å². The predicted octanol–water partition coefficient (Wildman–Crippen LogP) is 3.07. The Bertz CT molecular complexity index is 350. The van der Waals surface area contributed by atoms with E-state index in [0.29, 0.717) is 18.6 Å². The standard InChI is InChI=1S/C11H13F2NO2/c1-8(14-15)2-3-9-4-6-10(7-5-9)16-11(12)13/h4-7,11,15H,2-3H2,1H3/b14-8+. The van der Waals surface area contributed by atoms with E-state index in [2.05, 4.69) is 9.89 Å². The van der Waals surface area contributed by atoms with E-state index in [1.807, 2.05) is 0 Å². The molecule has 0 aliphatic heterocycles. The summed E-state index contributed by atoms with van der Waals surface area (Å²) in [5, 5.41) is 11.5. The van der Waals surface area contributed by atoms with E-state index in [-0.39, 0.29) is 5.75 Å². The lowest BCUT2D eigenvalue weighted by Crippen LogP contribution is -2.02. The van der Waals surface area contributed by atoms with Crippen LogP contribution in [0.1, 0.15) is 18.9 Å². The Hall–Kier alpha value is -1.65. The fourth-order valence-electron chi connectivity index (χ4n) is 1.21. The fourth-order valence-corrected chi connectivity index (χ4v) is 1.21. The third kappa shape index (κ3) is 4.25. The van der Waals surface area contributed by atoms with Gasteiger partial charge in [-0.3, -0.25) is 0 Å². The summed E-state index contributed by atoms with van der Waals surface area (Å²) in [7, 11) is 0. The van der Waals surface area contributed by atoms with Gasteiger partial charge in [0.1, 0.15) is 5.75 Å². The van der Waals surface area contributed by atoms with Gasteiger partial charge in [0.15, 0.2) is 0 Å². The minimum atomic E-state index is -2.80. The third-order valence-corrected chi connectivity index (χ3v) is 2.09. The largest absolute Gasteiger partial charge is 0.435 e. The summed E-state index contributed by atoms with van der Waals surface area (Å²) in [6, 6.07) is 6.41. The van der Waals surface area contributed by atoms with Crippen molar-refractivity contribution in [1.29, 1.82) is 0 Å². The van der Waals surface area contributed by atoms with Gasteiger partial charge in [0.05, 0.1) is 5.71 Å². The highest BCUT2D eigenvalue weighted by atomic mass is 19.3. The van der Waals surface area contributed by atoms with Crippen LogP contribution >= 0.6 is 0 Å². The summed E-state index contributed by atoms with van der Waals surface area (Å²) < 4.78 is 27.9. The molecule has 0 saturated carbocycles. The highest BCUT2D eigenvalue weighted by Crippen LogP contribution is 2.15. The summed E-state index contributed by atoms with van der Waals surface area (Å²) in [6.07, 6.45) is 1.33. The van der Waals surface area contributed by atoms with Crippen molar-refractivity contribution in [2.45, 2.75) is 26.4 Å². The Morgan fingerprint density at radius 1 is 1.38 bits per heavy atom. The Labute approximate surface area is 92.3 Å². The van der Waals surface area contributed by atoms with Crippen LogP contribution in [-0.4, -0.2) is 17.5 Å². The zero-order valence-electron chi connectivity index (χ0n) is 8.86. The van der Waals surface area contributed by atoms with Crippen LogP contribution in [0.15, 0.2) is 29.4 Å². The molecule has 5 heteroatoms. The monoisotopic (exact) mass is 229 g/mol. The van der Waals surface area contributed by atoms with E-state index in [0.717, 1.165) is 5.56 Å². The summed E-state index contributed by atoms with van der Waals surface area (Å²) in [4.78, 5) is 0. The number of aryl methyl sites for hydroxylation is 1. The van der Waals surface area contributed by atoms with E-state index in [9.17, 15) is 8.78 Å². The molecule has 0 heterocycles. The van der Waals surface area contributed by atoms with E-state index < -0.39 is 6.61 Å². The minimum Gasteiger partial charge on any atom is -0.435 e. The van der Waals surface area contributed by atoms with Crippen LogP contribution < -0.4 is 4.74 Å². The first-order chi connectivity index (χ1) is 7.61. The lowest BCUT2D eigenvalue weighted by atomic mass is 10.1. The highest BCUT2D eigenvalue weighted by Gasteiger charge is 2.03. The van der Waals surface area contributed by atoms with E-state index in [4.69, 9.17) is 5.21 Å². The maximum Gasteiger partial charge on any atom is 0.387 e. The smallest absolute Gasteiger partial charge is 0.387 e. The van der Waals surface area contributed by atoms with Crippen molar-refractivity contribution < 1.29 is 18.7 Å². The summed E-state index contributed by atoms with van der Waals surface area (Å²) in [5.74, 6) is 0.145. The maximum atomic E-state index is 11.9. The summed E-state index contributed by atoms with van der Waals surface area (Å²) >= 11 is 0. The number of rotatable bonds is 5. The molecule has 3 nitrogen and oxygen atoms in total. The van der Waals surface area contributed by atoms with Crippen LogP contribution in [0, 0.1) is 0 Å². The Kier molecular flexibility index (Phi) is 4.69. The van der Waals surface area contributed by atoms with Crippen LogP contribution in [0.25, 0.3) is 0 Å². The summed E-state index contributed by atoms with van der Waals surface area (Å²) in [5.41, 5.74) is 1.61. The van der Waals surface area contributed by atoms with Gasteiger partial charge >= 0.3 is 6.61 Å². The number of nitrogens with zero attached hydrogens (tertiary/aromatic N) is 1. The normalized spacial score (nSPS) is 11.9. The van der Waals surface area contributed by atoms with Crippen molar-refractivity contribution in [3.05, 3.63) is 29.8 Å². The second-order valence-corrected chi connectivity index (χ2v) is 3.36. The van der Waals surface area contributed by atoms with Crippen molar-refractivity contribution in [3.63, 3.8) is 0 Å². The molecule has 0 radical (unpaired) electrons. The molecule has 0 aliphatic rings. The van der Waals surface area contributed by atoms with Crippen molar-refractivity contribution >= 4 is 5.71 Å². The number of hydrogen-bond acceptors (Lipinski definition) is 3. The highest BCUT2D eigenvalue weighted by molar-refractivity contribution is 5.81. The van der Waals surface area contributed by atoms with E-state index in [1.54, 1.807) is 19.1 Å². The summed E-state index contributed by atoms with van der Waals surface area (Å²) in [6.45, 7) is -1.08. The number of alkyl halides is 2. The zero-order valence-corrected chi connectivity index (χ0v) is 8.86. The lowest BCUT2D eigenvalue weighted by Gasteiger charge is -2.05. The molecular weight excluding hydrogens is 216 g/mol. The molecule has 16 heavy (non-hydrogen) atoms. The molecule has 0 spiro atoms. The number of hydrogen-bond donors (Lipinski definition) is 1. The number of halogens is 2. The van der Waals surface area contributed by atoms with E-state index in [1.165, 1.54) is 12.1 Å². The molecule has 0 saturated heterocycles. The SMILES string of the molecule is C/C(CCc1ccc(OC(F)F)cc1)=N\O. The molecule has 0 aromatic heterocycles. The molecule has 0 atom stereocenters. The first kappa shape index (κ1) is 12.4. The van der Waals surface area contributed by atoms with Crippen molar-refractivity contribution in [2.24, 2.45) is 5.16 Å². The van der Waals surface area contributed by atoms with Gasteiger partial charge in [-0.25, -0.2) is 0 Å². The van der Waals surface area contributed by atoms with Gasteiger partial charge in [-0.2, -0.15) is 8.78 Å². The molecule has 0 aliphatic carbocycles. The fraction of sp³-hybridized carbons (Fsp3) is 0.364. The molecule has 1 aromatic carbocycles.